The number of nitrogens with zero attached hydrogens (tertiary/aromatic N) is 1. The molecular formula is C13H16N2O2. The molecule has 0 spiro atoms. The molecule has 0 fully saturated rings. The van der Waals surface area contributed by atoms with Gasteiger partial charge in [-0.2, -0.15) is 0 Å². The highest BCUT2D eigenvalue weighted by Crippen LogP contribution is 2.14. The maximum atomic E-state index is 11.7. The summed E-state index contributed by atoms with van der Waals surface area (Å²) < 4.78 is 5.17. The highest BCUT2D eigenvalue weighted by atomic mass is 16.5. The minimum absolute atomic E-state index is 0.269. The molecule has 2 rings (SSSR count). The Morgan fingerprint density at radius 2 is 2.18 bits per heavy atom. The molecule has 17 heavy (non-hydrogen) atoms. The Kier molecular flexibility index (Phi) is 3.44. The van der Waals surface area contributed by atoms with Gasteiger partial charge in [0.2, 0.25) is 0 Å². The fourth-order valence-corrected chi connectivity index (χ4v) is 1.58. The van der Waals surface area contributed by atoms with E-state index in [-0.39, 0.29) is 5.97 Å². The van der Waals surface area contributed by atoms with Crippen molar-refractivity contribution in [2.24, 2.45) is 0 Å². The molecule has 2 aromatic rings. The zero-order valence-corrected chi connectivity index (χ0v) is 10.1. The third kappa shape index (κ3) is 2.85. The highest BCUT2D eigenvalue weighted by Gasteiger charge is 2.08. The lowest BCUT2D eigenvalue weighted by Gasteiger charge is -2.09. The molecule has 1 heterocycles. The number of carbonyl (C=O) groups excluding carboxylic acids is 1. The number of hydrogen-bond donors (Lipinski definition) is 1. The fourth-order valence-electron chi connectivity index (χ4n) is 1.58. The summed E-state index contributed by atoms with van der Waals surface area (Å²) >= 11 is 0. The maximum absolute atomic E-state index is 11.7. The van der Waals surface area contributed by atoms with Crippen LogP contribution < -0.4 is 0 Å². The van der Waals surface area contributed by atoms with E-state index in [1.54, 1.807) is 6.07 Å². The molecule has 0 saturated heterocycles. The molecule has 0 atom stereocenters. The first-order valence-electron chi connectivity index (χ1n) is 5.56. The monoisotopic (exact) mass is 232 g/mol. The Hall–Kier alpha value is -1.81. The number of carbonyl (C=O) groups is 1. The maximum Gasteiger partial charge on any atom is 0.338 e. The Balaban J connectivity index is 2.03. The summed E-state index contributed by atoms with van der Waals surface area (Å²) in [6, 6.07) is 7.43. The van der Waals surface area contributed by atoms with Crippen molar-refractivity contribution in [1.29, 1.82) is 0 Å². The van der Waals surface area contributed by atoms with Crippen molar-refractivity contribution < 1.29 is 9.53 Å². The third-order valence-corrected chi connectivity index (χ3v) is 2.56. The lowest BCUT2D eigenvalue weighted by atomic mass is 10.1. The number of fused-ring (bicyclic) bond motifs is 1. The van der Waals surface area contributed by atoms with Gasteiger partial charge in [0.05, 0.1) is 5.56 Å². The molecule has 1 aromatic carbocycles. The minimum atomic E-state index is -0.269. The van der Waals surface area contributed by atoms with Gasteiger partial charge in [-0.05, 0) is 38.4 Å². The van der Waals surface area contributed by atoms with Crippen molar-refractivity contribution in [3.63, 3.8) is 0 Å². The third-order valence-electron chi connectivity index (χ3n) is 2.56. The smallest absolute Gasteiger partial charge is 0.338 e. The number of likely N-dealkylation sites (N-methyl/N-ethyl adjacent to an activating group) is 1. The van der Waals surface area contributed by atoms with Gasteiger partial charge < -0.3 is 14.6 Å². The van der Waals surface area contributed by atoms with Crippen molar-refractivity contribution in [2.45, 2.75) is 0 Å². The zero-order valence-electron chi connectivity index (χ0n) is 10.1. The molecule has 0 aliphatic carbocycles. The lowest BCUT2D eigenvalue weighted by molar-refractivity contribution is 0.0482. The largest absolute Gasteiger partial charge is 0.461 e. The number of nitrogens with one attached hydrogen (secondary N) is 1. The van der Waals surface area contributed by atoms with Crippen LogP contribution in [0, 0.1) is 0 Å². The Morgan fingerprint density at radius 1 is 1.35 bits per heavy atom. The van der Waals surface area contributed by atoms with Crippen LogP contribution in [0.4, 0.5) is 0 Å². The first-order chi connectivity index (χ1) is 8.16. The fraction of sp³-hybridized carbons (Fsp3) is 0.308. The first-order valence-corrected chi connectivity index (χ1v) is 5.56. The van der Waals surface area contributed by atoms with E-state index in [9.17, 15) is 4.79 Å². The summed E-state index contributed by atoms with van der Waals surface area (Å²) in [6.45, 7) is 1.15. The van der Waals surface area contributed by atoms with Crippen molar-refractivity contribution in [2.75, 3.05) is 27.2 Å². The van der Waals surface area contributed by atoms with Crippen molar-refractivity contribution >= 4 is 16.9 Å². The molecule has 1 N–H and O–H groups in total. The van der Waals surface area contributed by atoms with Crippen LogP contribution in [0.15, 0.2) is 30.5 Å². The van der Waals surface area contributed by atoms with Crippen LogP contribution in [0.2, 0.25) is 0 Å². The molecule has 0 bridgehead atoms. The second-order valence-electron chi connectivity index (χ2n) is 4.22. The van der Waals surface area contributed by atoms with E-state index in [0.29, 0.717) is 12.2 Å². The van der Waals surface area contributed by atoms with Gasteiger partial charge in [0, 0.05) is 23.6 Å². The molecule has 0 aliphatic heterocycles. The summed E-state index contributed by atoms with van der Waals surface area (Å²) in [5.74, 6) is -0.269. The average molecular weight is 232 g/mol. The predicted molar refractivity (Wildman–Crippen MR) is 67.1 cm³/mol. The number of rotatable bonds is 4. The number of aromatic nitrogens is 1. The SMILES string of the molecule is CN(C)CCOC(=O)c1ccc2[nH]ccc2c1. The quantitative estimate of drug-likeness (QED) is 0.819. The molecular weight excluding hydrogens is 216 g/mol. The minimum Gasteiger partial charge on any atom is -0.461 e. The van der Waals surface area contributed by atoms with Gasteiger partial charge in [-0.3, -0.25) is 0 Å². The Bertz CT molecular complexity index is 517. The molecule has 90 valence electrons. The number of ether oxygens (including phenoxy) is 1. The molecule has 0 aliphatic rings. The summed E-state index contributed by atoms with van der Waals surface area (Å²) in [7, 11) is 3.89. The van der Waals surface area contributed by atoms with Crippen LogP contribution in [-0.4, -0.2) is 43.1 Å². The van der Waals surface area contributed by atoms with Crippen molar-refractivity contribution in [1.82, 2.24) is 9.88 Å². The van der Waals surface area contributed by atoms with E-state index in [0.717, 1.165) is 17.4 Å². The summed E-state index contributed by atoms with van der Waals surface area (Å²) in [5.41, 5.74) is 1.62. The molecule has 0 radical (unpaired) electrons. The van der Waals surface area contributed by atoms with E-state index in [2.05, 4.69) is 4.98 Å². The summed E-state index contributed by atoms with van der Waals surface area (Å²) in [6.07, 6.45) is 1.85. The number of hydrogen-bond acceptors (Lipinski definition) is 3. The lowest BCUT2D eigenvalue weighted by Crippen LogP contribution is -2.20. The summed E-state index contributed by atoms with van der Waals surface area (Å²) in [5, 5.41) is 1.02. The van der Waals surface area contributed by atoms with Crippen molar-refractivity contribution in [3.8, 4) is 0 Å². The van der Waals surface area contributed by atoms with Gasteiger partial charge in [-0.1, -0.05) is 0 Å². The van der Waals surface area contributed by atoms with Crippen LogP contribution in [0.25, 0.3) is 10.9 Å². The molecule has 0 saturated carbocycles. The van der Waals surface area contributed by atoms with E-state index < -0.39 is 0 Å². The standard InChI is InChI=1S/C13H16N2O2/c1-15(2)7-8-17-13(16)11-3-4-12-10(9-11)5-6-14-12/h3-6,9,14H,7-8H2,1-2H3. The van der Waals surface area contributed by atoms with E-state index in [1.165, 1.54) is 0 Å². The van der Waals surface area contributed by atoms with E-state index >= 15 is 0 Å². The molecule has 0 amide bonds. The molecule has 0 unspecified atom stereocenters. The normalized spacial score (nSPS) is 11.0. The average Bonchev–Trinajstić information content (AvgIpc) is 2.75. The predicted octanol–water partition coefficient (Wildman–Crippen LogP) is 1.89. The van der Waals surface area contributed by atoms with Gasteiger partial charge in [-0.25, -0.2) is 4.79 Å². The molecule has 4 nitrogen and oxygen atoms in total. The van der Waals surface area contributed by atoms with Gasteiger partial charge in [0.1, 0.15) is 6.61 Å². The summed E-state index contributed by atoms with van der Waals surface area (Å²) in [4.78, 5) is 16.8. The van der Waals surface area contributed by atoms with Crippen LogP contribution in [-0.2, 0) is 4.74 Å². The number of benzene rings is 1. The van der Waals surface area contributed by atoms with Gasteiger partial charge in [0.15, 0.2) is 0 Å². The topological polar surface area (TPSA) is 45.3 Å². The number of esters is 1. The zero-order chi connectivity index (χ0) is 12.3. The van der Waals surface area contributed by atoms with Crippen LogP contribution in [0.1, 0.15) is 10.4 Å². The van der Waals surface area contributed by atoms with Crippen LogP contribution >= 0.6 is 0 Å². The first kappa shape index (κ1) is 11.7. The van der Waals surface area contributed by atoms with Crippen molar-refractivity contribution in [3.05, 3.63) is 36.0 Å². The van der Waals surface area contributed by atoms with Gasteiger partial charge in [-0.15, -0.1) is 0 Å². The molecule has 1 aromatic heterocycles. The number of H-pyrrole nitrogens is 1. The van der Waals surface area contributed by atoms with Gasteiger partial charge >= 0.3 is 5.97 Å². The number of aromatic amines is 1. The van der Waals surface area contributed by atoms with E-state index in [1.807, 2.05) is 43.4 Å². The Labute approximate surface area is 100 Å². The second kappa shape index (κ2) is 5.01. The second-order valence-corrected chi connectivity index (χ2v) is 4.22. The van der Waals surface area contributed by atoms with E-state index in [4.69, 9.17) is 4.74 Å². The van der Waals surface area contributed by atoms with Crippen LogP contribution in [0.5, 0.6) is 0 Å². The molecule has 4 heteroatoms. The van der Waals surface area contributed by atoms with Crippen LogP contribution in [0.3, 0.4) is 0 Å². The highest BCUT2D eigenvalue weighted by molar-refractivity contribution is 5.94. The van der Waals surface area contributed by atoms with Gasteiger partial charge in [0.25, 0.3) is 0 Å². The Morgan fingerprint density at radius 3 is 2.94 bits per heavy atom.